The number of aliphatic imine (C=N–C) groups is 2. The van der Waals surface area contributed by atoms with Gasteiger partial charge in [0.2, 0.25) is 0 Å². The molecule has 0 heterocycles. The molecule has 0 unspecified atom stereocenters. The van der Waals surface area contributed by atoms with Gasteiger partial charge >= 0.3 is 0 Å². The molecule has 0 fully saturated rings. The third-order valence-electron chi connectivity index (χ3n) is 4.83. The van der Waals surface area contributed by atoms with E-state index in [1.807, 2.05) is 48.5 Å². The number of aliphatic hydroxyl groups is 2. The van der Waals surface area contributed by atoms with E-state index < -0.39 is 0 Å². The maximum atomic E-state index is 8.76. The maximum Gasteiger partial charge on any atom is 0.119 e. The molecule has 0 saturated heterocycles. The number of unbranched alkanes of at least 4 members (excludes halogenated alkanes) is 6. The van der Waals surface area contributed by atoms with Crippen molar-refractivity contribution >= 4 is 23.8 Å². The number of benzene rings is 2. The molecule has 2 rings (SSSR count). The second-order valence-electron chi connectivity index (χ2n) is 7.52. The van der Waals surface area contributed by atoms with Crippen LogP contribution in [0.4, 0.5) is 11.4 Å². The molecule has 6 nitrogen and oxygen atoms in total. The van der Waals surface area contributed by atoms with Gasteiger partial charge in [-0.25, -0.2) is 0 Å². The zero-order chi connectivity index (χ0) is 22.7. The Balaban J connectivity index is 1.66. The second-order valence-corrected chi connectivity index (χ2v) is 7.52. The summed E-state index contributed by atoms with van der Waals surface area (Å²) in [6.45, 7) is 1.91. The van der Waals surface area contributed by atoms with Crippen molar-refractivity contribution in [2.45, 2.75) is 51.4 Å². The summed E-state index contributed by atoms with van der Waals surface area (Å²) in [6.07, 6.45) is 11.3. The average Bonchev–Trinajstić information content (AvgIpc) is 2.83. The first-order chi connectivity index (χ1) is 15.8. The predicted molar refractivity (Wildman–Crippen MR) is 131 cm³/mol. The fourth-order valence-electron chi connectivity index (χ4n) is 3.01. The number of ether oxygens (including phenoxy) is 2. The highest BCUT2D eigenvalue weighted by Crippen LogP contribution is 2.19. The van der Waals surface area contributed by atoms with Gasteiger partial charge in [0.1, 0.15) is 11.5 Å². The lowest BCUT2D eigenvalue weighted by atomic mass is 10.2. The smallest absolute Gasteiger partial charge is 0.119 e. The van der Waals surface area contributed by atoms with Crippen molar-refractivity contribution in [2.75, 3.05) is 26.4 Å². The first-order valence-corrected chi connectivity index (χ1v) is 11.6. The normalized spacial score (nSPS) is 11.4. The Hall–Kier alpha value is -2.70. The zero-order valence-electron chi connectivity index (χ0n) is 18.9. The molecule has 0 aliphatic rings. The minimum Gasteiger partial charge on any atom is -0.494 e. The van der Waals surface area contributed by atoms with Crippen LogP contribution in [0.2, 0.25) is 0 Å². The van der Waals surface area contributed by atoms with Crippen molar-refractivity contribution in [1.82, 2.24) is 0 Å². The van der Waals surface area contributed by atoms with Gasteiger partial charge in [0.15, 0.2) is 0 Å². The van der Waals surface area contributed by atoms with E-state index in [1.165, 1.54) is 0 Å². The Morgan fingerprint density at radius 2 is 0.906 bits per heavy atom. The van der Waals surface area contributed by atoms with Gasteiger partial charge in [0.05, 0.1) is 24.6 Å². The van der Waals surface area contributed by atoms with Crippen LogP contribution in [-0.4, -0.2) is 49.1 Å². The lowest BCUT2D eigenvalue weighted by Gasteiger charge is -2.06. The highest BCUT2D eigenvalue weighted by atomic mass is 16.5. The van der Waals surface area contributed by atoms with E-state index in [9.17, 15) is 0 Å². The van der Waals surface area contributed by atoms with Gasteiger partial charge in [-0.1, -0.05) is 12.8 Å². The number of hydrogen-bond acceptors (Lipinski definition) is 6. The molecule has 32 heavy (non-hydrogen) atoms. The van der Waals surface area contributed by atoms with Gasteiger partial charge < -0.3 is 19.7 Å². The largest absolute Gasteiger partial charge is 0.494 e. The van der Waals surface area contributed by atoms with Gasteiger partial charge in [-0.3, -0.25) is 9.98 Å². The Morgan fingerprint density at radius 1 is 0.531 bits per heavy atom. The Morgan fingerprint density at radius 3 is 1.28 bits per heavy atom. The summed E-state index contributed by atoms with van der Waals surface area (Å²) in [7, 11) is 0. The first-order valence-electron chi connectivity index (χ1n) is 11.6. The van der Waals surface area contributed by atoms with E-state index in [4.69, 9.17) is 19.7 Å². The van der Waals surface area contributed by atoms with Gasteiger partial charge in [0, 0.05) is 25.6 Å². The molecule has 6 heteroatoms. The van der Waals surface area contributed by atoms with Crippen molar-refractivity contribution < 1.29 is 19.7 Å². The average molecular weight is 441 g/mol. The molecule has 2 N–H and O–H groups in total. The SMILES string of the molecule is OCCCCCCOc1ccc(N=CC=Nc2ccc(OCCCCCCO)cc2)cc1. The summed E-state index contributed by atoms with van der Waals surface area (Å²) >= 11 is 0. The summed E-state index contributed by atoms with van der Waals surface area (Å²) in [5.74, 6) is 1.68. The number of rotatable bonds is 17. The van der Waals surface area contributed by atoms with Crippen LogP contribution in [0.1, 0.15) is 51.4 Å². The molecule has 0 atom stereocenters. The molecule has 0 aliphatic carbocycles. The fraction of sp³-hybridized carbons (Fsp3) is 0.462. The van der Waals surface area contributed by atoms with Gasteiger partial charge in [-0.2, -0.15) is 0 Å². The van der Waals surface area contributed by atoms with Crippen molar-refractivity contribution in [3.63, 3.8) is 0 Å². The monoisotopic (exact) mass is 440 g/mol. The molecular formula is C26H36N2O4. The summed E-state index contributed by atoms with van der Waals surface area (Å²) in [5.41, 5.74) is 1.68. The highest BCUT2D eigenvalue weighted by Gasteiger charge is 1.96. The van der Waals surface area contributed by atoms with Gasteiger partial charge in [-0.15, -0.1) is 0 Å². The van der Waals surface area contributed by atoms with E-state index in [1.54, 1.807) is 12.4 Å². The molecular weight excluding hydrogens is 404 g/mol. The lowest BCUT2D eigenvalue weighted by Crippen LogP contribution is -1.97. The fourth-order valence-corrected chi connectivity index (χ4v) is 3.01. The molecule has 2 aromatic rings. The number of aliphatic hydroxyl groups excluding tert-OH is 2. The first kappa shape index (κ1) is 25.6. The summed E-state index contributed by atoms with van der Waals surface area (Å²) in [4.78, 5) is 8.77. The van der Waals surface area contributed by atoms with Crippen LogP contribution in [0.25, 0.3) is 0 Å². The quantitative estimate of drug-likeness (QED) is 0.246. The number of nitrogens with zero attached hydrogens (tertiary/aromatic N) is 2. The van der Waals surface area contributed by atoms with Crippen LogP contribution in [0, 0.1) is 0 Å². The van der Waals surface area contributed by atoms with Crippen LogP contribution in [0.15, 0.2) is 58.5 Å². The van der Waals surface area contributed by atoms with E-state index >= 15 is 0 Å². The molecule has 0 aromatic heterocycles. The van der Waals surface area contributed by atoms with Crippen LogP contribution >= 0.6 is 0 Å². The summed E-state index contributed by atoms with van der Waals surface area (Å²) in [6, 6.07) is 15.4. The molecule has 0 spiro atoms. The summed E-state index contributed by atoms with van der Waals surface area (Å²) < 4.78 is 11.4. The second kappa shape index (κ2) is 16.9. The molecule has 0 radical (unpaired) electrons. The van der Waals surface area contributed by atoms with Crippen molar-refractivity contribution in [1.29, 1.82) is 0 Å². The molecule has 0 aliphatic heterocycles. The van der Waals surface area contributed by atoms with E-state index in [2.05, 4.69) is 9.98 Å². The zero-order valence-corrected chi connectivity index (χ0v) is 18.9. The maximum absolute atomic E-state index is 8.76. The standard InChI is InChI=1S/C26H36N2O4/c29-19-5-1-3-7-21-31-25-13-9-23(10-14-25)27-17-18-28-24-11-15-26(16-12-24)32-22-8-4-2-6-20-30/h9-18,29-30H,1-8,19-22H2. The van der Waals surface area contributed by atoms with Crippen LogP contribution in [0.5, 0.6) is 11.5 Å². The van der Waals surface area contributed by atoms with Gasteiger partial charge in [-0.05, 0) is 87.1 Å². The van der Waals surface area contributed by atoms with E-state index in [0.717, 1.165) is 74.2 Å². The minimum absolute atomic E-state index is 0.266. The van der Waals surface area contributed by atoms with Crippen molar-refractivity contribution in [3.05, 3.63) is 48.5 Å². The molecule has 0 saturated carbocycles. The summed E-state index contributed by atoms with van der Waals surface area (Å²) in [5, 5.41) is 17.5. The predicted octanol–water partition coefficient (Wildman–Crippen LogP) is 5.65. The molecule has 174 valence electrons. The third-order valence-corrected chi connectivity index (χ3v) is 4.83. The molecule has 2 aromatic carbocycles. The molecule has 0 amide bonds. The third kappa shape index (κ3) is 11.6. The van der Waals surface area contributed by atoms with Crippen molar-refractivity contribution in [2.24, 2.45) is 9.98 Å². The van der Waals surface area contributed by atoms with E-state index in [0.29, 0.717) is 13.2 Å². The molecule has 0 bridgehead atoms. The van der Waals surface area contributed by atoms with E-state index in [-0.39, 0.29) is 13.2 Å². The minimum atomic E-state index is 0.266. The Bertz CT molecular complexity index is 706. The number of hydrogen-bond donors (Lipinski definition) is 2. The Kier molecular flexibility index (Phi) is 13.5. The highest BCUT2D eigenvalue weighted by molar-refractivity contribution is 6.17. The Labute approximate surface area is 191 Å². The van der Waals surface area contributed by atoms with Gasteiger partial charge in [0.25, 0.3) is 0 Å². The van der Waals surface area contributed by atoms with Crippen LogP contribution in [-0.2, 0) is 0 Å². The lowest BCUT2D eigenvalue weighted by molar-refractivity contribution is 0.273. The topological polar surface area (TPSA) is 83.6 Å². The van der Waals surface area contributed by atoms with Crippen LogP contribution in [0.3, 0.4) is 0 Å². The van der Waals surface area contributed by atoms with Crippen LogP contribution < -0.4 is 9.47 Å². The van der Waals surface area contributed by atoms with Crippen molar-refractivity contribution in [3.8, 4) is 11.5 Å².